The zero-order valence-electron chi connectivity index (χ0n) is 12.0. The van der Waals surface area contributed by atoms with Gasteiger partial charge in [-0.2, -0.15) is 5.10 Å². The van der Waals surface area contributed by atoms with Crippen LogP contribution in [0.5, 0.6) is 0 Å². The van der Waals surface area contributed by atoms with Crippen LogP contribution >= 0.6 is 11.6 Å². The predicted molar refractivity (Wildman–Crippen MR) is 83.8 cm³/mol. The van der Waals surface area contributed by atoms with Gasteiger partial charge in [0.15, 0.2) is 0 Å². The number of nitrogens with zero attached hydrogens (tertiary/aromatic N) is 3. The minimum absolute atomic E-state index is 0.298. The molecule has 2 rings (SSSR count). The maximum absolute atomic E-state index is 6.24. The number of rotatable bonds is 6. The van der Waals surface area contributed by atoms with Gasteiger partial charge in [-0.05, 0) is 38.1 Å². The van der Waals surface area contributed by atoms with Gasteiger partial charge < -0.3 is 5.73 Å². The van der Waals surface area contributed by atoms with E-state index in [4.69, 9.17) is 17.3 Å². The van der Waals surface area contributed by atoms with Gasteiger partial charge in [0.25, 0.3) is 0 Å². The molecule has 1 heterocycles. The third kappa shape index (κ3) is 3.74. The van der Waals surface area contributed by atoms with Crippen LogP contribution in [0.3, 0.4) is 0 Å². The van der Waals surface area contributed by atoms with Gasteiger partial charge in [-0.15, -0.1) is 0 Å². The van der Waals surface area contributed by atoms with Gasteiger partial charge in [-0.3, -0.25) is 9.58 Å². The van der Waals surface area contributed by atoms with E-state index in [2.05, 4.69) is 30.0 Å². The van der Waals surface area contributed by atoms with Gasteiger partial charge in [-0.25, -0.2) is 0 Å². The van der Waals surface area contributed by atoms with Gasteiger partial charge in [0.2, 0.25) is 0 Å². The van der Waals surface area contributed by atoms with Crippen molar-refractivity contribution in [1.29, 1.82) is 0 Å². The molecule has 0 radical (unpaired) electrons. The molecule has 0 aliphatic heterocycles. The Hall–Kier alpha value is -1.52. The first-order valence-corrected chi connectivity index (χ1v) is 7.19. The highest BCUT2D eigenvalue weighted by molar-refractivity contribution is 6.31. The Labute approximate surface area is 125 Å². The van der Waals surface area contributed by atoms with Gasteiger partial charge >= 0.3 is 0 Å². The number of aryl methyl sites for hydroxylation is 1. The number of anilines is 1. The van der Waals surface area contributed by atoms with Crippen molar-refractivity contribution in [3.63, 3.8) is 0 Å². The SMILES string of the molecule is CC(c1ccccc1Cl)N(C)CCCn1ccc(N)n1. The molecular weight excluding hydrogens is 272 g/mol. The molecule has 0 aliphatic rings. The molecule has 1 aromatic heterocycles. The maximum Gasteiger partial charge on any atom is 0.145 e. The summed E-state index contributed by atoms with van der Waals surface area (Å²) in [5.74, 6) is 0.572. The second-order valence-corrected chi connectivity index (χ2v) is 5.44. The number of benzene rings is 1. The predicted octanol–water partition coefficient (Wildman–Crippen LogP) is 3.20. The standard InChI is InChI=1S/C15H21ClN4/c1-12(13-6-3-4-7-14(13)16)19(2)9-5-10-20-11-8-15(17)18-20/h3-4,6-8,11-12H,5,9-10H2,1-2H3,(H2,17,18). The molecular formula is C15H21ClN4. The molecule has 4 nitrogen and oxygen atoms in total. The fraction of sp³-hybridized carbons (Fsp3) is 0.400. The molecule has 1 aromatic carbocycles. The molecule has 0 aliphatic carbocycles. The first-order valence-electron chi connectivity index (χ1n) is 6.81. The van der Waals surface area contributed by atoms with Crippen LogP contribution in [-0.4, -0.2) is 28.3 Å². The van der Waals surface area contributed by atoms with Crippen LogP contribution in [0.2, 0.25) is 5.02 Å². The first-order chi connectivity index (χ1) is 9.58. The van der Waals surface area contributed by atoms with Crippen molar-refractivity contribution in [2.45, 2.75) is 25.9 Å². The van der Waals surface area contributed by atoms with Gasteiger partial charge in [0.05, 0.1) is 0 Å². The second kappa shape index (κ2) is 6.77. The van der Waals surface area contributed by atoms with Crippen LogP contribution in [0.4, 0.5) is 5.82 Å². The summed E-state index contributed by atoms with van der Waals surface area (Å²) in [7, 11) is 2.12. The zero-order valence-corrected chi connectivity index (χ0v) is 12.7. The van der Waals surface area contributed by atoms with E-state index in [1.165, 1.54) is 5.56 Å². The van der Waals surface area contributed by atoms with Crippen molar-refractivity contribution < 1.29 is 0 Å². The highest BCUT2D eigenvalue weighted by atomic mass is 35.5. The summed E-state index contributed by atoms with van der Waals surface area (Å²) in [5, 5.41) is 5.01. The van der Waals surface area contributed by atoms with E-state index in [0.717, 1.165) is 24.5 Å². The monoisotopic (exact) mass is 292 g/mol. The van der Waals surface area contributed by atoms with Gasteiger partial charge in [0.1, 0.15) is 5.82 Å². The van der Waals surface area contributed by atoms with E-state index in [0.29, 0.717) is 11.9 Å². The summed E-state index contributed by atoms with van der Waals surface area (Å²) in [6.45, 7) is 4.02. The number of aromatic nitrogens is 2. The topological polar surface area (TPSA) is 47.1 Å². The van der Waals surface area contributed by atoms with Crippen LogP contribution in [0, 0.1) is 0 Å². The summed E-state index contributed by atoms with van der Waals surface area (Å²) in [6.07, 6.45) is 2.93. The van der Waals surface area contributed by atoms with Crippen molar-refractivity contribution in [3.8, 4) is 0 Å². The molecule has 0 saturated heterocycles. The Bertz CT molecular complexity index is 552. The van der Waals surface area contributed by atoms with Crippen molar-refractivity contribution in [2.24, 2.45) is 0 Å². The Kier molecular flexibility index (Phi) is 5.04. The number of nitrogen functional groups attached to an aromatic ring is 1. The largest absolute Gasteiger partial charge is 0.382 e. The third-order valence-electron chi connectivity index (χ3n) is 3.58. The Morgan fingerprint density at radius 2 is 2.10 bits per heavy atom. The Morgan fingerprint density at radius 1 is 1.35 bits per heavy atom. The van der Waals surface area contributed by atoms with E-state index in [9.17, 15) is 0 Å². The fourth-order valence-corrected chi connectivity index (χ4v) is 2.52. The molecule has 0 amide bonds. The summed E-state index contributed by atoms with van der Waals surface area (Å²) >= 11 is 6.24. The highest BCUT2D eigenvalue weighted by Gasteiger charge is 2.13. The highest BCUT2D eigenvalue weighted by Crippen LogP contribution is 2.26. The van der Waals surface area contributed by atoms with E-state index in [-0.39, 0.29) is 0 Å². The van der Waals surface area contributed by atoms with Crippen molar-refractivity contribution in [2.75, 3.05) is 19.3 Å². The first kappa shape index (κ1) is 14.9. The fourth-order valence-electron chi connectivity index (χ4n) is 2.23. The van der Waals surface area contributed by atoms with E-state index < -0.39 is 0 Å². The lowest BCUT2D eigenvalue weighted by Gasteiger charge is -2.25. The summed E-state index contributed by atoms with van der Waals surface area (Å²) < 4.78 is 1.88. The van der Waals surface area contributed by atoms with E-state index >= 15 is 0 Å². The molecule has 0 spiro atoms. The third-order valence-corrected chi connectivity index (χ3v) is 3.92. The van der Waals surface area contributed by atoms with Crippen molar-refractivity contribution in [3.05, 3.63) is 47.1 Å². The van der Waals surface area contributed by atoms with Crippen LogP contribution in [-0.2, 0) is 6.54 Å². The molecule has 2 N–H and O–H groups in total. The van der Waals surface area contributed by atoms with Crippen LogP contribution in [0.15, 0.2) is 36.5 Å². The second-order valence-electron chi connectivity index (χ2n) is 5.04. The van der Waals surface area contributed by atoms with Crippen LogP contribution in [0.1, 0.15) is 24.9 Å². The van der Waals surface area contributed by atoms with Gasteiger partial charge in [0, 0.05) is 30.4 Å². The number of halogens is 1. The molecule has 0 bridgehead atoms. The molecule has 0 saturated carbocycles. The number of hydrogen-bond acceptors (Lipinski definition) is 3. The lowest BCUT2D eigenvalue weighted by atomic mass is 10.1. The summed E-state index contributed by atoms with van der Waals surface area (Å²) in [4.78, 5) is 2.30. The molecule has 5 heteroatoms. The Balaban J connectivity index is 1.85. The quantitative estimate of drug-likeness (QED) is 0.889. The molecule has 1 unspecified atom stereocenters. The lowest BCUT2D eigenvalue weighted by Crippen LogP contribution is -2.24. The smallest absolute Gasteiger partial charge is 0.145 e. The van der Waals surface area contributed by atoms with E-state index in [1.54, 1.807) is 0 Å². The molecule has 0 fully saturated rings. The molecule has 1 atom stereocenters. The number of nitrogens with two attached hydrogens (primary N) is 1. The van der Waals surface area contributed by atoms with Crippen molar-refractivity contribution in [1.82, 2.24) is 14.7 Å². The molecule has 2 aromatic rings. The minimum Gasteiger partial charge on any atom is -0.382 e. The van der Waals surface area contributed by atoms with Gasteiger partial charge in [-0.1, -0.05) is 29.8 Å². The number of hydrogen-bond donors (Lipinski definition) is 1. The summed E-state index contributed by atoms with van der Waals surface area (Å²) in [5.41, 5.74) is 6.76. The Morgan fingerprint density at radius 3 is 2.75 bits per heavy atom. The van der Waals surface area contributed by atoms with Crippen LogP contribution in [0.25, 0.3) is 0 Å². The lowest BCUT2D eigenvalue weighted by molar-refractivity contribution is 0.252. The maximum atomic E-state index is 6.24. The summed E-state index contributed by atoms with van der Waals surface area (Å²) in [6, 6.07) is 10.1. The average Bonchev–Trinajstić information content (AvgIpc) is 2.84. The molecule has 108 valence electrons. The zero-order chi connectivity index (χ0) is 14.5. The average molecular weight is 293 g/mol. The normalized spacial score (nSPS) is 12.8. The van der Waals surface area contributed by atoms with E-state index in [1.807, 2.05) is 35.1 Å². The van der Waals surface area contributed by atoms with Crippen LogP contribution < -0.4 is 5.73 Å². The molecule has 20 heavy (non-hydrogen) atoms. The van der Waals surface area contributed by atoms with Crippen molar-refractivity contribution >= 4 is 17.4 Å². The minimum atomic E-state index is 0.298.